The molecule has 0 atom stereocenters. The molecule has 0 amide bonds. The third kappa shape index (κ3) is 5.66. The zero-order valence-electron chi connectivity index (χ0n) is 39.0. The van der Waals surface area contributed by atoms with Crippen LogP contribution >= 0.6 is 0 Å². The zero-order chi connectivity index (χ0) is 47.0. The van der Waals surface area contributed by atoms with Crippen molar-refractivity contribution in [3.63, 3.8) is 0 Å². The van der Waals surface area contributed by atoms with Crippen molar-refractivity contribution in [3.8, 4) is 39.1 Å². The second kappa shape index (κ2) is 15.0. The summed E-state index contributed by atoms with van der Waals surface area (Å²) in [5.74, 6) is 0. The molecule has 14 aromatic carbocycles. The molecule has 2 heteroatoms. The summed E-state index contributed by atoms with van der Waals surface area (Å²) in [6.45, 7) is 0. The molecule has 0 aliphatic heterocycles. The van der Waals surface area contributed by atoms with Crippen LogP contribution in [0.25, 0.3) is 158 Å². The van der Waals surface area contributed by atoms with E-state index in [1.165, 1.54) is 125 Å². The van der Waals surface area contributed by atoms with E-state index in [1.807, 2.05) is 0 Å². The average molecular weight is 912 g/mol. The molecular formula is C70H41NO. The quantitative estimate of drug-likeness (QED) is 0.161. The smallest absolute Gasteiger partial charge is 0.135 e. The van der Waals surface area contributed by atoms with E-state index >= 15 is 0 Å². The van der Waals surface area contributed by atoms with E-state index in [2.05, 4.69) is 253 Å². The molecule has 0 saturated carbocycles. The Morgan fingerprint density at radius 1 is 0.236 bits per heavy atom. The number of furan rings is 1. The fraction of sp³-hybridized carbons (Fsp3) is 0. The number of nitrogens with zero attached hydrogens (tertiary/aromatic N) is 1. The van der Waals surface area contributed by atoms with E-state index in [1.54, 1.807) is 0 Å². The summed E-state index contributed by atoms with van der Waals surface area (Å²) in [7, 11) is 0. The average Bonchev–Trinajstić information content (AvgIpc) is 3.99. The molecule has 72 heavy (non-hydrogen) atoms. The van der Waals surface area contributed by atoms with E-state index in [0.29, 0.717) is 0 Å². The summed E-state index contributed by atoms with van der Waals surface area (Å²) in [4.78, 5) is 0. The largest absolute Gasteiger partial charge is 0.456 e. The summed E-state index contributed by atoms with van der Waals surface area (Å²) < 4.78 is 9.01. The monoisotopic (exact) mass is 911 g/mol. The highest BCUT2D eigenvalue weighted by Crippen LogP contribution is 2.47. The molecule has 0 N–H and O–H groups in total. The standard InChI is InChI=1S/C70H41NO/c1-2-13-42(14-3-1)44-26-33-65-64(39-44)70-66(71(65)48-29-31-57-53-20-7-6-18-51(53)52-19-8-10-22-55(52)61(57)41-48)34-32-58-54-21-9-11-23-56(54)60-37-45(25-30-59(60)69(58)70)46-27-35-67-62(38-46)63-40-47(28-36-68(63)72-67)50-24-12-16-43-15-4-5-17-49(43)50/h1-41H. The minimum absolute atomic E-state index is 0.891. The predicted molar refractivity (Wildman–Crippen MR) is 307 cm³/mol. The number of hydrogen-bond acceptors (Lipinski definition) is 1. The van der Waals surface area contributed by atoms with Gasteiger partial charge in [0.05, 0.1) is 11.0 Å². The first kappa shape index (κ1) is 39.4. The molecule has 0 spiro atoms. The number of hydrogen-bond donors (Lipinski definition) is 0. The Labute approximate surface area is 413 Å². The molecule has 0 unspecified atom stereocenters. The van der Waals surface area contributed by atoms with Gasteiger partial charge in [-0.05, 0) is 164 Å². The minimum atomic E-state index is 0.891. The topological polar surface area (TPSA) is 18.1 Å². The molecule has 16 rings (SSSR count). The van der Waals surface area contributed by atoms with Crippen LogP contribution in [0.2, 0.25) is 0 Å². The van der Waals surface area contributed by atoms with Gasteiger partial charge in [-0.1, -0.05) is 188 Å². The van der Waals surface area contributed by atoms with Crippen molar-refractivity contribution in [1.29, 1.82) is 0 Å². The first-order valence-electron chi connectivity index (χ1n) is 24.9. The number of benzene rings is 14. The molecule has 2 nitrogen and oxygen atoms in total. The zero-order valence-corrected chi connectivity index (χ0v) is 39.0. The Morgan fingerprint density at radius 3 is 1.42 bits per heavy atom. The van der Waals surface area contributed by atoms with E-state index in [9.17, 15) is 0 Å². The van der Waals surface area contributed by atoms with Gasteiger partial charge in [0.2, 0.25) is 0 Å². The highest BCUT2D eigenvalue weighted by atomic mass is 16.3. The highest BCUT2D eigenvalue weighted by Gasteiger charge is 2.21. The maximum Gasteiger partial charge on any atom is 0.135 e. The van der Waals surface area contributed by atoms with Crippen molar-refractivity contribution < 1.29 is 4.42 Å². The van der Waals surface area contributed by atoms with E-state index in [4.69, 9.17) is 4.42 Å². The second-order valence-corrected chi connectivity index (χ2v) is 19.5. The van der Waals surface area contributed by atoms with Gasteiger partial charge < -0.3 is 8.98 Å². The van der Waals surface area contributed by atoms with Crippen molar-refractivity contribution in [2.75, 3.05) is 0 Å². The lowest BCUT2D eigenvalue weighted by Gasteiger charge is -2.15. The maximum atomic E-state index is 6.50. The van der Waals surface area contributed by atoms with Crippen molar-refractivity contribution in [1.82, 2.24) is 4.57 Å². The van der Waals surface area contributed by atoms with Crippen LogP contribution in [0, 0.1) is 0 Å². The van der Waals surface area contributed by atoms with Gasteiger partial charge in [0.15, 0.2) is 0 Å². The first-order valence-corrected chi connectivity index (χ1v) is 24.9. The highest BCUT2D eigenvalue weighted by molar-refractivity contribution is 6.36. The van der Waals surface area contributed by atoms with Crippen molar-refractivity contribution in [2.45, 2.75) is 0 Å². The van der Waals surface area contributed by atoms with Crippen LogP contribution in [0.5, 0.6) is 0 Å². The molecule has 16 aromatic rings. The van der Waals surface area contributed by atoms with Gasteiger partial charge >= 0.3 is 0 Å². The van der Waals surface area contributed by atoms with Gasteiger partial charge in [0.25, 0.3) is 0 Å². The lowest BCUT2D eigenvalue weighted by Crippen LogP contribution is -1.95. The predicted octanol–water partition coefficient (Wildman–Crippen LogP) is 19.8. The Kier molecular flexibility index (Phi) is 8.20. The van der Waals surface area contributed by atoms with Gasteiger partial charge in [-0.2, -0.15) is 0 Å². The van der Waals surface area contributed by atoms with Crippen molar-refractivity contribution in [2.24, 2.45) is 0 Å². The molecule has 0 aliphatic carbocycles. The summed E-state index contributed by atoms with van der Waals surface area (Å²) in [6.07, 6.45) is 0. The minimum Gasteiger partial charge on any atom is -0.456 e. The van der Waals surface area contributed by atoms with Gasteiger partial charge in [-0.15, -0.1) is 0 Å². The van der Waals surface area contributed by atoms with E-state index in [-0.39, 0.29) is 0 Å². The normalized spacial score (nSPS) is 12.2. The van der Waals surface area contributed by atoms with Crippen LogP contribution in [-0.2, 0) is 0 Å². The molecule has 0 fully saturated rings. The third-order valence-electron chi connectivity index (χ3n) is 15.7. The van der Waals surface area contributed by atoms with Gasteiger partial charge in [-0.3, -0.25) is 0 Å². The van der Waals surface area contributed by atoms with Gasteiger partial charge in [0, 0.05) is 32.6 Å². The SMILES string of the molecule is c1ccc(-c2ccc3c(c2)c2c4c(ccc2n3-c2ccc3c5ccccc5c5ccccc5c3c2)c2ccccc2c2cc(-c3ccc5oc6ccc(-c7cccc8ccccc78)cc6c5c3)ccc24)cc1. The van der Waals surface area contributed by atoms with Gasteiger partial charge in [-0.25, -0.2) is 0 Å². The van der Waals surface area contributed by atoms with Crippen LogP contribution in [0.4, 0.5) is 0 Å². The fourth-order valence-electron chi connectivity index (χ4n) is 12.5. The van der Waals surface area contributed by atoms with Gasteiger partial charge in [0.1, 0.15) is 11.2 Å². The molecule has 2 heterocycles. The third-order valence-corrected chi connectivity index (χ3v) is 15.7. The molecule has 2 aromatic heterocycles. The van der Waals surface area contributed by atoms with Crippen LogP contribution in [0.1, 0.15) is 0 Å². The number of fused-ring (bicyclic) bond motifs is 20. The van der Waals surface area contributed by atoms with Crippen LogP contribution in [0.15, 0.2) is 253 Å². The summed E-state index contributed by atoms with van der Waals surface area (Å²) in [6, 6.07) is 92.0. The Balaban J connectivity index is 0.946. The molecule has 332 valence electrons. The lowest BCUT2D eigenvalue weighted by molar-refractivity contribution is 0.669. The fourth-order valence-corrected chi connectivity index (χ4v) is 12.5. The molecule has 0 radical (unpaired) electrons. The molecular weight excluding hydrogens is 871 g/mol. The lowest BCUT2D eigenvalue weighted by atomic mass is 9.89. The second-order valence-electron chi connectivity index (χ2n) is 19.5. The van der Waals surface area contributed by atoms with Crippen molar-refractivity contribution >= 4 is 119 Å². The Hall–Kier alpha value is -9.50. The summed E-state index contributed by atoms with van der Waals surface area (Å²) in [5.41, 5.74) is 12.4. The van der Waals surface area contributed by atoms with E-state index < -0.39 is 0 Å². The molecule has 0 aliphatic rings. The maximum absolute atomic E-state index is 6.50. The number of rotatable bonds is 4. The summed E-state index contributed by atoms with van der Waals surface area (Å²) >= 11 is 0. The Bertz CT molecular complexity index is 4940. The van der Waals surface area contributed by atoms with Crippen LogP contribution in [-0.4, -0.2) is 4.57 Å². The Morgan fingerprint density at radius 2 is 0.694 bits per heavy atom. The van der Waals surface area contributed by atoms with E-state index in [0.717, 1.165) is 33.2 Å². The first-order chi connectivity index (χ1) is 35.7. The number of aromatic nitrogens is 1. The summed E-state index contributed by atoms with van der Waals surface area (Å²) in [5, 5.41) is 22.4. The molecule has 0 bridgehead atoms. The van der Waals surface area contributed by atoms with Crippen molar-refractivity contribution in [3.05, 3.63) is 249 Å². The van der Waals surface area contributed by atoms with Crippen LogP contribution < -0.4 is 0 Å². The molecule has 0 saturated heterocycles. The van der Waals surface area contributed by atoms with Crippen LogP contribution in [0.3, 0.4) is 0 Å².